The number of nitrogens with one attached hydrogen (secondary N) is 2. The van der Waals surface area contributed by atoms with E-state index < -0.39 is 6.04 Å². The van der Waals surface area contributed by atoms with Crippen molar-refractivity contribution in [3.05, 3.63) is 129 Å². The molecule has 5 aromatic heterocycles. The van der Waals surface area contributed by atoms with E-state index in [1.54, 1.807) is 4.68 Å². The van der Waals surface area contributed by atoms with Gasteiger partial charge in [-0.15, -0.1) is 10.2 Å². The number of aryl methyl sites for hydroxylation is 4. The first-order valence-electron chi connectivity index (χ1n) is 18.9. The number of pyridine rings is 2. The van der Waals surface area contributed by atoms with Crippen molar-refractivity contribution < 1.29 is 9.59 Å². The van der Waals surface area contributed by atoms with E-state index in [0.717, 1.165) is 72.1 Å². The Labute approximate surface area is 330 Å². The number of nitrogens with zero attached hydrogens (tertiary/aromatic N) is 9. The molecule has 0 bridgehead atoms. The fourth-order valence-electron chi connectivity index (χ4n) is 8.43. The lowest BCUT2D eigenvalue weighted by atomic mass is 10.0. The topological polar surface area (TPSA) is 149 Å². The third-order valence-electron chi connectivity index (χ3n) is 10.8. The van der Waals surface area contributed by atoms with Crippen molar-refractivity contribution in [2.45, 2.75) is 51.9 Å². The van der Waals surface area contributed by atoms with Crippen molar-refractivity contribution in [1.82, 2.24) is 44.7 Å². The van der Waals surface area contributed by atoms with Crippen LogP contribution in [0.25, 0.3) is 49.6 Å². The highest BCUT2D eigenvalue weighted by Gasteiger charge is 2.38. The molecule has 1 unspecified atom stereocenters. The second kappa shape index (κ2) is 13.5. The molecule has 2 N–H and O–H groups in total. The zero-order valence-corrected chi connectivity index (χ0v) is 32.6. The lowest BCUT2D eigenvalue weighted by Crippen LogP contribution is -2.28. The van der Waals surface area contributed by atoms with Crippen LogP contribution in [0, 0.1) is 27.7 Å². The van der Waals surface area contributed by atoms with Crippen LogP contribution in [0.3, 0.4) is 0 Å². The van der Waals surface area contributed by atoms with Crippen LogP contribution in [0.4, 0.5) is 0 Å². The Balaban J connectivity index is 0.920. The second-order valence-electron chi connectivity index (χ2n) is 14.6. The van der Waals surface area contributed by atoms with Gasteiger partial charge in [0.15, 0.2) is 11.4 Å². The molecule has 57 heavy (non-hydrogen) atoms. The number of hydrogen-bond donors (Lipinski definition) is 2. The summed E-state index contributed by atoms with van der Waals surface area (Å²) in [5, 5.41) is 29.0. The van der Waals surface area contributed by atoms with Gasteiger partial charge in [0, 0.05) is 64.7 Å². The molecular formula is C43H37N11O2S. The van der Waals surface area contributed by atoms with Gasteiger partial charge in [-0.25, -0.2) is 14.6 Å². The monoisotopic (exact) mass is 771 g/mol. The Morgan fingerprint density at radius 2 is 1.28 bits per heavy atom. The Hall–Kier alpha value is -6.67. The molecule has 0 radical (unpaired) electrons. The highest BCUT2D eigenvalue weighted by atomic mass is 32.2. The number of benzene rings is 3. The maximum absolute atomic E-state index is 14.0. The maximum Gasteiger partial charge on any atom is 0.274 e. The number of hydrogen-bond acceptors (Lipinski definition) is 9. The molecule has 13 nitrogen and oxygen atoms in total. The lowest BCUT2D eigenvalue weighted by molar-refractivity contribution is -0.117. The number of thioether (sulfide) groups is 1. The minimum absolute atomic E-state index is 0.158. The van der Waals surface area contributed by atoms with Gasteiger partial charge in [-0.2, -0.15) is 5.11 Å². The Kier molecular flexibility index (Phi) is 8.25. The van der Waals surface area contributed by atoms with E-state index in [-0.39, 0.29) is 23.2 Å². The van der Waals surface area contributed by atoms with Crippen LogP contribution in [-0.2, 0) is 17.9 Å². The lowest BCUT2D eigenvalue weighted by Gasteiger charge is -2.11. The average Bonchev–Trinajstić information content (AvgIpc) is 3.95. The summed E-state index contributed by atoms with van der Waals surface area (Å²) in [6, 6.07) is 27.8. The molecular weight excluding hydrogens is 735 g/mol. The molecule has 8 aromatic rings. The Bertz CT molecular complexity index is 3060. The third kappa shape index (κ3) is 5.61. The third-order valence-corrected chi connectivity index (χ3v) is 12.0. The molecule has 2 amide bonds. The molecule has 0 fully saturated rings. The summed E-state index contributed by atoms with van der Waals surface area (Å²) >= 11 is 1.26. The predicted octanol–water partition coefficient (Wildman–Crippen LogP) is 7.58. The van der Waals surface area contributed by atoms with Crippen LogP contribution in [0.15, 0.2) is 111 Å². The minimum atomic E-state index is -0.535. The van der Waals surface area contributed by atoms with Crippen LogP contribution in [0.5, 0.6) is 0 Å². The maximum atomic E-state index is 14.0. The van der Waals surface area contributed by atoms with Crippen molar-refractivity contribution in [2.75, 3.05) is 13.1 Å². The van der Waals surface area contributed by atoms with Gasteiger partial charge in [0.1, 0.15) is 22.4 Å². The molecule has 0 saturated heterocycles. The van der Waals surface area contributed by atoms with Crippen LogP contribution in [0.1, 0.15) is 44.6 Å². The van der Waals surface area contributed by atoms with Gasteiger partial charge in [0.2, 0.25) is 0 Å². The summed E-state index contributed by atoms with van der Waals surface area (Å²) < 4.78 is 5.98. The number of carbonyl (C=O) groups is 2. The number of rotatable bonds is 8. The molecule has 7 heterocycles. The highest BCUT2D eigenvalue weighted by Crippen LogP contribution is 2.49. The number of aromatic nitrogens is 7. The zero-order chi connectivity index (χ0) is 38.9. The average molecular weight is 772 g/mol. The molecule has 14 heteroatoms. The SMILES string of the molecule is Cc1cc(C)c2c3ccccc3n(CCNC(=O)C3=C4Sc5c(C(=O)NCCn6c7ccccc7c7c(C)cc(C)nc76)nnn5-c5ccccc5C4N=N3)c2n1. The van der Waals surface area contributed by atoms with Gasteiger partial charge in [0.25, 0.3) is 11.8 Å². The number of para-hydroxylation sites is 3. The van der Waals surface area contributed by atoms with E-state index >= 15 is 0 Å². The highest BCUT2D eigenvalue weighted by molar-refractivity contribution is 8.03. The van der Waals surface area contributed by atoms with Crippen LogP contribution in [0.2, 0.25) is 0 Å². The van der Waals surface area contributed by atoms with E-state index in [1.807, 2.05) is 62.4 Å². The first-order valence-corrected chi connectivity index (χ1v) is 19.7. The van der Waals surface area contributed by atoms with E-state index in [4.69, 9.17) is 9.97 Å². The molecule has 1 atom stereocenters. The van der Waals surface area contributed by atoms with Crippen molar-refractivity contribution >= 4 is 67.4 Å². The minimum Gasteiger partial charge on any atom is -0.349 e. The summed E-state index contributed by atoms with van der Waals surface area (Å²) in [4.78, 5) is 38.3. The molecule has 282 valence electrons. The molecule has 0 saturated carbocycles. The zero-order valence-electron chi connectivity index (χ0n) is 31.7. The number of azo groups is 1. The van der Waals surface area contributed by atoms with Gasteiger partial charge in [-0.1, -0.05) is 71.6 Å². The largest absolute Gasteiger partial charge is 0.349 e. The molecule has 0 aliphatic carbocycles. The van der Waals surface area contributed by atoms with Crippen molar-refractivity contribution in [3.8, 4) is 5.69 Å². The Morgan fingerprint density at radius 3 is 1.91 bits per heavy atom. The van der Waals surface area contributed by atoms with E-state index in [1.165, 1.54) is 17.3 Å². The van der Waals surface area contributed by atoms with Gasteiger partial charge in [0.05, 0.1) is 21.6 Å². The van der Waals surface area contributed by atoms with Crippen LogP contribution >= 0.6 is 11.8 Å². The van der Waals surface area contributed by atoms with Gasteiger partial charge >= 0.3 is 0 Å². The fourth-order valence-corrected chi connectivity index (χ4v) is 9.61. The molecule has 10 rings (SSSR count). The van der Waals surface area contributed by atoms with Crippen LogP contribution in [-0.4, -0.2) is 59.0 Å². The smallest absolute Gasteiger partial charge is 0.274 e. The van der Waals surface area contributed by atoms with Crippen molar-refractivity contribution in [3.63, 3.8) is 0 Å². The predicted molar refractivity (Wildman–Crippen MR) is 221 cm³/mol. The fraction of sp³-hybridized carbons (Fsp3) is 0.209. The van der Waals surface area contributed by atoms with Crippen molar-refractivity contribution in [2.24, 2.45) is 10.2 Å². The number of amides is 2. The molecule has 2 aliphatic rings. The number of fused-ring (bicyclic) bond motifs is 11. The summed E-state index contributed by atoms with van der Waals surface area (Å²) in [6.45, 7) is 9.89. The summed E-state index contributed by atoms with van der Waals surface area (Å²) in [6.07, 6.45) is 0. The number of carbonyl (C=O) groups excluding carboxylic acids is 2. The first-order chi connectivity index (χ1) is 27.8. The van der Waals surface area contributed by atoms with E-state index in [9.17, 15) is 9.59 Å². The van der Waals surface area contributed by atoms with Gasteiger partial charge < -0.3 is 19.8 Å². The van der Waals surface area contributed by atoms with Crippen molar-refractivity contribution in [1.29, 1.82) is 0 Å². The molecule has 2 aliphatic heterocycles. The Morgan fingerprint density at radius 1 is 0.719 bits per heavy atom. The normalized spacial score (nSPS) is 14.7. The standard InChI is InChI=1S/C43H37N11O2S/c1-23-21-25(3)46-39-33(23)27-11-5-8-14-30(27)52(39)19-17-44-41(55)36-38-35(48-49-36)29-13-7-10-16-32(29)54-43(57-38)37(50-51-54)42(56)45-18-20-53-31-15-9-6-12-28(31)34-24(2)22-26(4)47-40(34)53/h5-16,21-22,35H,17-20H2,1-4H3,(H,44,55)(H,45,56). The van der Waals surface area contributed by atoms with Gasteiger partial charge in [-0.3, -0.25) is 9.59 Å². The molecule has 3 aromatic carbocycles. The van der Waals surface area contributed by atoms with E-state index in [2.05, 4.69) is 90.6 Å². The summed E-state index contributed by atoms with van der Waals surface area (Å²) in [5.41, 5.74) is 10.0. The van der Waals surface area contributed by atoms with E-state index in [0.29, 0.717) is 36.1 Å². The summed E-state index contributed by atoms with van der Waals surface area (Å²) in [7, 11) is 0. The second-order valence-corrected chi connectivity index (χ2v) is 15.6. The first kappa shape index (κ1) is 34.8. The molecule has 0 spiro atoms. The van der Waals surface area contributed by atoms with Crippen LogP contribution < -0.4 is 10.6 Å². The quantitative estimate of drug-likeness (QED) is 0.162. The van der Waals surface area contributed by atoms with Gasteiger partial charge in [-0.05, 0) is 69.2 Å². The summed E-state index contributed by atoms with van der Waals surface area (Å²) in [5.74, 6) is -0.719.